The fourth-order valence-corrected chi connectivity index (χ4v) is 2.69. The molecule has 0 spiro atoms. The summed E-state index contributed by atoms with van der Waals surface area (Å²) in [5.74, 6) is 0.661. The number of methoxy groups -OCH3 is 1. The molecule has 100 valence electrons. The summed E-state index contributed by atoms with van der Waals surface area (Å²) < 4.78 is 5.09. The molecule has 0 heterocycles. The van der Waals surface area contributed by atoms with Crippen LogP contribution in [0.3, 0.4) is 0 Å². The SMILES string of the molecule is COCCN(C(=O)C1(C#N)CCC1)C(C)C1CC1. The van der Waals surface area contributed by atoms with Gasteiger partial charge >= 0.3 is 0 Å². The van der Waals surface area contributed by atoms with E-state index in [9.17, 15) is 10.1 Å². The zero-order valence-electron chi connectivity index (χ0n) is 11.3. The fraction of sp³-hybridized carbons (Fsp3) is 0.857. The van der Waals surface area contributed by atoms with Crippen LogP contribution in [0, 0.1) is 22.7 Å². The highest BCUT2D eigenvalue weighted by Crippen LogP contribution is 2.44. The molecule has 1 amide bonds. The number of ether oxygens (including phenoxy) is 1. The van der Waals surface area contributed by atoms with Gasteiger partial charge < -0.3 is 9.64 Å². The molecule has 0 bridgehead atoms. The van der Waals surface area contributed by atoms with Crippen LogP contribution in [-0.4, -0.2) is 37.1 Å². The van der Waals surface area contributed by atoms with E-state index in [4.69, 9.17) is 4.74 Å². The molecule has 2 aliphatic carbocycles. The summed E-state index contributed by atoms with van der Waals surface area (Å²) in [5, 5.41) is 9.29. The normalized spacial score (nSPS) is 22.7. The average Bonchev–Trinajstić information content (AvgIpc) is 3.12. The van der Waals surface area contributed by atoms with E-state index in [2.05, 4.69) is 13.0 Å². The Balaban J connectivity index is 2.07. The lowest BCUT2D eigenvalue weighted by molar-refractivity contribution is -0.146. The molecule has 0 saturated heterocycles. The van der Waals surface area contributed by atoms with E-state index in [0.29, 0.717) is 19.1 Å². The first-order valence-corrected chi connectivity index (χ1v) is 6.86. The van der Waals surface area contributed by atoms with Gasteiger partial charge in [-0.25, -0.2) is 0 Å². The second kappa shape index (κ2) is 5.27. The Morgan fingerprint density at radius 3 is 2.61 bits per heavy atom. The molecule has 4 nitrogen and oxygen atoms in total. The van der Waals surface area contributed by atoms with Crippen molar-refractivity contribution >= 4 is 5.91 Å². The van der Waals surface area contributed by atoms with Crippen LogP contribution in [0.5, 0.6) is 0 Å². The second-order valence-corrected chi connectivity index (χ2v) is 5.62. The largest absolute Gasteiger partial charge is 0.383 e. The van der Waals surface area contributed by atoms with Gasteiger partial charge in [0, 0.05) is 19.7 Å². The summed E-state index contributed by atoms with van der Waals surface area (Å²) in [6.07, 6.45) is 4.86. The molecule has 0 aromatic carbocycles. The Bertz CT molecular complexity index is 353. The predicted octanol–water partition coefficient (Wildman–Crippen LogP) is 1.95. The van der Waals surface area contributed by atoms with Crippen molar-refractivity contribution in [1.29, 1.82) is 5.26 Å². The minimum absolute atomic E-state index is 0.0349. The lowest BCUT2D eigenvalue weighted by Gasteiger charge is -2.40. The molecule has 2 aliphatic rings. The molecule has 0 aromatic heterocycles. The second-order valence-electron chi connectivity index (χ2n) is 5.62. The van der Waals surface area contributed by atoms with Crippen molar-refractivity contribution in [2.24, 2.45) is 11.3 Å². The minimum atomic E-state index is -0.725. The standard InChI is InChI=1S/C14H22N2O2/c1-11(12-4-5-12)16(8-9-18-2)13(17)14(10-15)6-3-7-14/h11-12H,3-9H2,1-2H3. The van der Waals surface area contributed by atoms with E-state index in [1.807, 2.05) is 4.90 Å². The first-order valence-electron chi connectivity index (χ1n) is 6.86. The van der Waals surface area contributed by atoms with Crippen molar-refractivity contribution in [3.8, 4) is 6.07 Å². The molecule has 2 saturated carbocycles. The number of carbonyl (C=O) groups excluding carboxylic acids is 1. The maximum atomic E-state index is 12.6. The van der Waals surface area contributed by atoms with Gasteiger partial charge in [-0.3, -0.25) is 4.79 Å². The number of nitriles is 1. The highest BCUT2D eigenvalue weighted by atomic mass is 16.5. The molecule has 0 radical (unpaired) electrons. The first-order chi connectivity index (χ1) is 8.64. The molecule has 0 aromatic rings. The third-order valence-electron chi connectivity index (χ3n) is 4.42. The third-order valence-corrected chi connectivity index (χ3v) is 4.42. The Kier molecular flexibility index (Phi) is 3.91. The van der Waals surface area contributed by atoms with E-state index in [0.717, 1.165) is 19.3 Å². The average molecular weight is 250 g/mol. The summed E-state index contributed by atoms with van der Waals surface area (Å²) in [6.45, 7) is 3.26. The summed E-state index contributed by atoms with van der Waals surface area (Å²) in [5.41, 5.74) is -0.725. The van der Waals surface area contributed by atoms with E-state index in [-0.39, 0.29) is 11.9 Å². The van der Waals surface area contributed by atoms with Gasteiger partial charge in [-0.15, -0.1) is 0 Å². The third kappa shape index (κ3) is 2.37. The Labute approximate surface area is 109 Å². The molecule has 18 heavy (non-hydrogen) atoms. The number of amides is 1. The molecule has 0 aliphatic heterocycles. The van der Waals surface area contributed by atoms with E-state index in [1.54, 1.807) is 7.11 Å². The smallest absolute Gasteiger partial charge is 0.243 e. The summed E-state index contributed by atoms with van der Waals surface area (Å²) in [6, 6.07) is 2.50. The van der Waals surface area contributed by atoms with Gasteiger partial charge in [-0.05, 0) is 44.9 Å². The fourth-order valence-electron chi connectivity index (χ4n) is 2.69. The zero-order chi connectivity index (χ0) is 13.2. The number of hydrogen-bond acceptors (Lipinski definition) is 3. The molecule has 2 fully saturated rings. The molecule has 1 atom stereocenters. The number of hydrogen-bond donors (Lipinski definition) is 0. The molecule has 1 unspecified atom stereocenters. The van der Waals surface area contributed by atoms with Crippen molar-refractivity contribution in [2.45, 2.75) is 45.1 Å². The van der Waals surface area contributed by atoms with Crippen molar-refractivity contribution in [2.75, 3.05) is 20.3 Å². The molecule has 4 heteroatoms. The van der Waals surface area contributed by atoms with Crippen LogP contribution < -0.4 is 0 Å². The maximum absolute atomic E-state index is 12.6. The van der Waals surface area contributed by atoms with Crippen molar-refractivity contribution in [3.63, 3.8) is 0 Å². The molecule has 2 rings (SSSR count). The summed E-state index contributed by atoms with van der Waals surface area (Å²) >= 11 is 0. The monoisotopic (exact) mass is 250 g/mol. The molecular weight excluding hydrogens is 228 g/mol. The Morgan fingerprint density at radius 2 is 2.22 bits per heavy atom. The van der Waals surface area contributed by atoms with Gasteiger partial charge in [-0.2, -0.15) is 5.26 Å². The maximum Gasteiger partial charge on any atom is 0.243 e. The van der Waals surface area contributed by atoms with Crippen LogP contribution in [0.1, 0.15) is 39.0 Å². The lowest BCUT2D eigenvalue weighted by Crippen LogP contribution is -2.52. The van der Waals surface area contributed by atoms with Gasteiger partial charge in [0.15, 0.2) is 0 Å². The van der Waals surface area contributed by atoms with Crippen LogP contribution in [-0.2, 0) is 9.53 Å². The summed E-state index contributed by atoms with van der Waals surface area (Å²) in [7, 11) is 1.65. The van der Waals surface area contributed by atoms with E-state index >= 15 is 0 Å². The van der Waals surface area contributed by atoms with Crippen LogP contribution in [0.2, 0.25) is 0 Å². The van der Waals surface area contributed by atoms with Gasteiger partial charge in [0.25, 0.3) is 0 Å². The molecular formula is C14H22N2O2. The van der Waals surface area contributed by atoms with Gasteiger partial charge in [0.05, 0.1) is 12.7 Å². The molecule has 0 N–H and O–H groups in total. The van der Waals surface area contributed by atoms with E-state index in [1.165, 1.54) is 12.8 Å². The Hall–Kier alpha value is -1.08. The highest BCUT2D eigenvalue weighted by Gasteiger charge is 2.48. The van der Waals surface area contributed by atoms with Crippen molar-refractivity contribution in [3.05, 3.63) is 0 Å². The first kappa shape index (κ1) is 13.4. The van der Waals surface area contributed by atoms with Gasteiger partial charge in [0.1, 0.15) is 5.41 Å². The highest BCUT2D eigenvalue weighted by molar-refractivity contribution is 5.86. The number of nitrogens with zero attached hydrogens (tertiary/aromatic N) is 2. The topological polar surface area (TPSA) is 53.3 Å². The minimum Gasteiger partial charge on any atom is -0.383 e. The number of rotatable bonds is 6. The van der Waals surface area contributed by atoms with Crippen LogP contribution in [0.25, 0.3) is 0 Å². The number of carbonyl (C=O) groups is 1. The van der Waals surface area contributed by atoms with Crippen molar-refractivity contribution in [1.82, 2.24) is 4.90 Å². The van der Waals surface area contributed by atoms with Gasteiger partial charge in [-0.1, -0.05) is 0 Å². The van der Waals surface area contributed by atoms with Crippen LogP contribution in [0.4, 0.5) is 0 Å². The Morgan fingerprint density at radius 1 is 1.56 bits per heavy atom. The predicted molar refractivity (Wildman–Crippen MR) is 67.7 cm³/mol. The van der Waals surface area contributed by atoms with Gasteiger partial charge in [0.2, 0.25) is 5.91 Å². The van der Waals surface area contributed by atoms with Crippen LogP contribution in [0.15, 0.2) is 0 Å². The zero-order valence-corrected chi connectivity index (χ0v) is 11.3. The van der Waals surface area contributed by atoms with Crippen LogP contribution >= 0.6 is 0 Å². The lowest BCUT2D eigenvalue weighted by atomic mass is 9.68. The van der Waals surface area contributed by atoms with E-state index < -0.39 is 5.41 Å². The summed E-state index contributed by atoms with van der Waals surface area (Å²) in [4.78, 5) is 14.5. The van der Waals surface area contributed by atoms with Crippen molar-refractivity contribution < 1.29 is 9.53 Å². The quantitative estimate of drug-likeness (QED) is 0.724.